The number of fused-ring (bicyclic) bond motifs is 1. The molecule has 0 radical (unpaired) electrons. The first-order valence-corrected chi connectivity index (χ1v) is 12.9. The average Bonchev–Trinajstić information content (AvgIpc) is 3.34. The Balaban J connectivity index is 1.68. The average molecular weight is 497 g/mol. The predicted molar refractivity (Wildman–Crippen MR) is 129 cm³/mol. The van der Waals surface area contributed by atoms with E-state index in [-0.39, 0.29) is 22.8 Å². The van der Waals surface area contributed by atoms with Crippen LogP contribution in [0.4, 0.5) is 14.5 Å². The minimum Gasteiger partial charge on any atom is -0.319 e. The maximum absolute atomic E-state index is 14.2. The highest BCUT2D eigenvalue weighted by Gasteiger charge is 2.32. The van der Waals surface area contributed by atoms with E-state index in [4.69, 9.17) is 4.98 Å². The van der Waals surface area contributed by atoms with Gasteiger partial charge < -0.3 is 5.32 Å². The van der Waals surface area contributed by atoms with Crippen molar-refractivity contribution in [2.75, 3.05) is 16.8 Å². The van der Waals surface area contributed by atoms with Gasteiger partial charge in [0.25, 0.3) is 5.91 Å². The number of amides is 1. The molecule has 2 aromatic heterocycles. The normalized spacial score (nSPS) is 17.1. The van der Waals surface area contributed by atoms with Gasteiger partial charge in [0, 0.05) is 11.6 Å². The lowest BCUT2D eigenvalue weighted by molar-refractivity contribution is 0.102. The first kappa shape index (κ1) is 23.1. The molecule has 1 N–H and O–H groups in total. The van der Waals surface area contributed by atoms with Crippen LogP contribution in [0.15, 0.2) is 48.5 Å². The fourth-order valence-corrected chi connectivity index (χ4v) is 6.06. The van der Waals surface area contributed by atoms with Crippen LogP contribution < -0.4 is 5.32 Å². The van der Waals surface area contributed by atoms with Gasteiger partial charge in [0.05, 0.1) is 45.6 Å². The molecule has 0 bridgehead atoms. The molecule has 10 heteroatoms. The highest BCUT2D eigenvalue weighted by atomic mass is 32.2. The number of halogens is 2. The van der Waals surface area contributed by atoms with E-state index < -0.39 is 33.4 Å². The molecule has 1 atom stereocenters. The van der Waals surface area contributed by atoms with E-state index in [2.05, 4.69) is 10.4 Å². The summed E-state index contributed by atoms with van der Waals surface area (Å²) in [6.45, 7) is 3.67. The molecular weight excluding hydrogens is 474 g/mol. The maximum Gasteiger partial charge on any atom is 0.256 e. The summed E-state index contributed by atoms with van der Waals surface area (Å²) in [7, 11) is -3.19. The summed E-state index contributed by atoms with van der Waals surface area (Å²) in [5, 5.41) is 7.51. The number of carbonyl (C=O) groups excluding carboxylic acids is 1. The van der Waals surface area contributed by atoms with Crippen molar-refractivity contribution in [3.05, 3.63) is 77.0 Å². The number of hydrogen-bond acceptors (Lipinski definition) is 5. The number of rotatable bonds is 4. The largest absolute Gasteiger partial charge is 0.319 e. The third-order valence-corrected chi connectivity index (χ3v) is 7.91. The van der Waals surface area contributed by atoms with Crippen molar-refractivity contribution in [1.29, 1.82) is 0 Å². The fraction of sp³-hybridized carbons (Fsp3) is 0.240. The summed E-state index contributed by atoms with van der Waals surface area (Å²) < 4.78 is 53.4. The summed E-state index contributed by atoms with van der Waals surface area (Å²) in [5.41, 5.74) is 3.22. The molecule has 5 rings (SSSR count). The number of pyridine rings is 1. The molecule has 0 unspecified atom stereocenters. The molecule has 0 spiro atoms. The standard InChI is InChI=1S/C25H22F2N4O3S/c1-14-3-5-16(6-4-14)22-12-19(25(32)29-21-8-7-17(26)11-20(21)27)23-15(2)30-31(24(23)28-22)18-9-10-35(33,34)13-18/h3-8,11-12,18H,9-10,13H2,1-2H3,(H,29,32)/t18-/m0/s1. The van der Waals surface area contributed by atoms with Gasteiger partial charge in [0.1, 0.15) is 11.6 Å². The van der Waals surface area contributed by atoms with Gasteiger partial charge in [0.2, 0.25) is 0 Å². The van der Waals surface area contributed by atoms with Crippen LogP contribution in [0, 0.1) is 25.5 Å². The van der Waals surface area contributed by atoms with Crippen LogP contribution in [0.5, 0.6) is 0 Å². The van der Waals surface area contributed by atoms with Crippen LogP contribution in [0.2, 0.25) is 0 Å². The van der Waals surface area contributed by atoms with E-state index in [1.54, 1.807) is 17.7 Å². The molecule has 1 fully saturated rings. The van der Waals surface area contributed by atoms with E-state index in [0.29, 0.717) is 34.9 Å². The summed E-state index contributed by atoms with van der Waals surface area (Å²) >= 11 is 0. The zero-order valence-corrected chi connectivity index (χ0v) is 19.9. The van der Waals surface area contributed by atoms with Crippen LogP contribution in [0.3, 0.4) is 0 Å². The van der Waals surface area contributed by atoms with Gasteiger partial charge in [-0.3, -0.25) is 4.79 Å². The Hall–Kier alpha value is -3.66. The van der Waals surface area contributed by atoms with Crippen molar-refractivity contribution in [2.24, 2.45) is 0 Å². The van der Waals surface area contributed by atoms with Crippen molar-refractivity contribution in [3.63, 3.8) is 0 Å². The second kappa shape index (κ2) is 8.53. The first-order valence-electron chi connectivity index (χ1n) is 11.0. The first-order chi connectivity index (χ1) is 16.6. The molecule has 0 aliphatic carbocycles. The lowest BCUT2D eigenvalue weighted by Gasteiger charge is -2.13. The molecule has 0 saturated carbocycles. The molecule has 1 aliphatic heterocycles. The Kier molecular flexibility index (Phi) is 5.63. The molecule has 2 aromatic carbocycles. The molecule has 35 heavy (non-hydrogen) atoms. The second-order valence-electron chi connectivity index (χ2n) is 8.78. The number of sulfone groups is 1. The van der Waals surface area contributed by atoms with Crippen LogP contribution in [-0.4, -0.2) is 40.6 Å². The Labute approximate surface area is 200 Å². The van der Waals surface area contributed by atoms with E-state index in [1.807, 2.05) is 31.2 Å². The number of benzene rings is 2. The molecule has 3 heterocycles. The summed E-state index contributed by atoms with van der Waals surface area (Å²) in [5.74, 6) is -2.25. The SMILES string of the molecule is Cc1ccc(-c2cc(C(=O)Nc3ccc(F)cc3F)c3c(C)nn([C@H]4CCS(=O)(=O)C4)c3n2)cc1. The van der Waals surface area contributed by atoms with E-state index >= 15 is 0 Å². The van der Waals surface area contributed by atoms with Gasteiger partial charge in [-0.15, -0.1) is 0 Å². The highest BCUT2D eigenvalue weighted by Crippen LogP contribution is 2.32. The number of carbonyl (C=O) groups is 1. The minimum atomic E-state index is -3.19. The molecule has 1 aliphatic rings. The minimum absolute atomic E-state index is 0.0536. The Bertz CT molecular complexity index is 1580. The van der Waals surface area contributed by atoms with Gasteiger partial charge >= 0.3 is 0 Å². The van der Waals surface area contributed by atoms with Crippen LogP contribution in [0.25, 0.3) is 22.3 Å². The van der Waals surface area contributed by atoms with Crippen LogP contribution >= 0.6 is 0 Å². The quantitative estimate of drug-likeness (QED) is 0.446. The van der Waals surface area contributed by atoms with Crippen molar-refractivity contribution in [2.45, 2.75) is 26.3 Å². The van der Waals surface area contributed by atoms with Gasteiger partial charge in [0.15, 0.2) is 15.5 Å². The van der Waals surface area contributed by atoms with Crippen molar-refractivity contribution >= 4 is 32.5 Å². The summed E-state index contributed by atoms with van der Waals surface area (Å²) in [4.78, 5) is 18.1. The number of nitrogens with one attached hydrogen (secondary N) is 1. The maximum atomic E-state index is 14.2. The zero-order valence-electron chi connectivity index (χ0n) is 19.0. The Morgan fingerprint density at radius 3 is 2.49 bits per heavy atom. The smallest absolute Gasteiger partial charge is 0.256 e. The third kappa shape index (κ3) is 4.41. The molecule has 4 aromatic rings. The van der Waals surface area contributed by atoms with Gasteiger partial charge in [-0.1, -0.05) is 29.8 Å². The molecule has 1 amide bonds. The summed E-state index contributed by atoms with van der Waals surface area (Å²) in [6.07, 6.45) is 0.400. The van der Waals surface area contributed by atoms with E-state index in [9.17, 15) is 22.0 Å². The molecule has 7 nitrogen and oxygen atoms in total. The van der Waals surface area contributed by atoms with Crippen molar-refractivity contribution in [1.82, 2.24) is 14.8 Å². The van der Waals surface area contributed by atoms with Crippen molar-refractivity contribution < 1.29 is 22.0 Å². The zero-order chi connectivity index (χ0) is 24.9. The van der Waals surface area contributed by atoms with Crippen molar-refractivity contribution in [3.8, 4) is 11.3 Å². The Morgan fingerprint density at radius 2 is 1.83 bits per heavy atom. The highest BCUT2D eigenvalue weighted by molar-refractivity contribution is 7.91. The molecular formula is C25H22F2N4O3S. The number of nitrogens with zero attached hydrogens (tertiary/aromatic N) is 3. The third-order valence-electron chi connectivity index (χ3n) is 6.16. The Morgan fingerprint density at radius 1 is 1.09 bits per heavy atom. The summed E-state index contributed by atoms with van der Waals surface area (Å²) in [6, 6.07) is 11.7. The lowest BCUT2D eigenvalue weighted by atomic mass is 10.0. The second-order valence-corrected chi connectivity index (χ2v) is 11.0. The van der Waals surface area contributed by atoms with Crippen LogP contribution in [-0.2, 0) is 9.84 Å². The predicted octanol–water partition coefficient (Wildman–Crippen LogP) is 4.61. The van der Waals surface area contributed by atoms with Gasteiger partial charge in [-0.25, -0.2) is 26.9 Å². The number of aryl methyl sites for hydroxylation is 2. The molecule has 1 saturated heterocycles. The fourth-order valence-electron chi connectivity index (χ4n) is 4.37. The molecule has 180 valence electrons. The van der Waals surface area contributed by atoms with Crippen LogP contribution in [0.1, 0.15) is 34.1 Å². The van der Waals surface area contributed by atoms with Gasteiger partial charge in [-0.05, 0) is 38.5 Å². The van der Waals surface area contributed by atoms with E-state index in [1.165, 1.54) is 0 Å². The van der Waals surface area contributed by atoms with E-state index in [0.717, 1.165) is 23.3 Å². The number of hydrogen-bond donors (Lipinski definition) is 1. The van der Waals surface area contributed by atoms with Gasteiger partial charge in [-0.2, -0.15) is 5.10 Å². The number of anilines is 1. The topological polar surface area (TPSA) is 94.0 Å². The number of aromatic nitrogens is 3. The lowest BCUT2D eigenvalue weighted by Crippen LogP contribution is -2.15. The monoisotopic (exact) mass is 496 g/mol.